The van der Waals surface area contributed by atoms with E-state index >= 15 is 0 Å². The molecule has 0 radical (unpaired) electrons. The van der Waals surface area contributed by atoms with Crippen molar-refractivity contribution in [2.75, 3.05) is 6.26 Å². The van der Waals surface area contributed by atoms with Crippen LogP contribution in [0.2, 0.25) is 0 Å². The van der Waals surface area contributed by atoms with E-state index in [0.717, 1.165) is 12.0 Å². The summed E-state index contributed by atoms with van der Waals surface area (Å²) in [6.07, 6.45) is 1.94. The third-order valence-electron chi connectivity index (χ3n) is 2.70. The number of hydrogen-bond acceptors (Lipinski definition) is 2. The van der Waals surface area contributed by atoms with Gasteiger partial charge in [0, 0.05) is 6.04 Å². The molecule has 0 heterocycles. The van der Waals surface area contributed by atoms with E-state index in [1.807, 2.05) is 39.0 Å². The second-order valence-electron chi connectivity index (χ2n) is 4.19. The van der Waals surface area contributed by atoms with Crippen molar-refractivity contribution in [1.29, 1.82) is 0 Å². The van der Waals surface area contributed by atoms with Crippen LogP contribution in [0.25, 0.3) is 0 Å². The third-order valence-corrected chi connectivity index (χ3v) is 3.41. The first-order chi connectivity index (χ1) is 7.33. The van der Waals surface area contributed by atoms with Crippen LogP contribution in [-0.4, -0.2) is 14.7 Å². The minimum atomic E-state index is -3.16. The van der Waals surface area contributed by atoms with Crippen molar-refractivity contribution in [2.24, 2.45) is 0 Å². The minimum Gasteiger partial charge on any atom is -0.213 e. The number of nitrogens with one attached hydrogen (secondary N) is 1. The quantitative estimate of drug-likeness (QED) is 0.879. The first kappa shape index (κ1) is 13.2. The van der Waals surface area contributed by atoms with Crippen LogP contribution in [0.1, 0.15) is 36.1 Å². The van der Waals surface area contributed by atoms with Gasteiger partial charge in [-0.15, -0.1) is 0 Å². The summed E-state index contributed by atoms with van der Waals surface area (Å²) in [6.45, 7) is 6.05. The Kier molecular flexibility index (Phi) is 4.10. The van der Waals surface area contributed by atoms with Gasteiger partial charge in [-0.05, 0) is 37.0 Å². The molecule has 90 valence electrons. The molecule has 0 spiro atoms. The molecule has 0 bridgehead atoms. The van der Waals surface area contributed by atoms with Gasteiger partial charge in [0.1, 0.15) is 0 Å². The first-order valence-electron chi connectivity index (χ1n) is 5.38. The number of aryl methyl sites for hydroxylation is 2. The van der Waals surface area contributed by atoms with Gasteiger partial charge in [0.2, 0.25) is 10.0 Å². The van der Waals surface area contributed by atoms with E-state index in [0.29, 0.717) is 0 Å². The topological polar surface area (TPSA) is 46.2 Å². The molecule has 0 saturated carbocycles. The molecule has 0 aliphatic heterocycles. The van der Waals surface area contributed by atoms with Crippen LogP contribution in [0.3, 0.4) is 0 Å². The van der Waals surface area contributed by atoms with Crippen LogP contribution in [0.5, 0.6) is 0 Å². The van der Waals surface area contributed by atoms with E-state index in [9.17, 15) is 8.42 Å². The summed E-state index contributed by atoms with van der Waals surface area (Å²) in [4.78, 5) is 0. The molecular weight excluding hydrogens is 222 g/mol. The highest BCUT2D eigenvalue weighted by Gasteiger charge is 2.14. The molecule has 1 N–H and O–H groups in total. The lowest BCUT2D eigenvalue weighted by atomic mass is 10.0. The third kappa shape index (κ3) is 3.61. The highest BCUT2D eigenvalue weighted by molar-refractivity contribution is 7.88. The predicted octanol–water partition coefficient (Wildman–Crippen LogP) is 2.30. The van der Waals surface area contributed by atoms with Gasteiger partial charge in [-0.3, -0.25) is 0 Å². The second kappa shape index (κ2) is 4.97. The van der Waals surface area contributed by atoms with E-state index in [1.165, 1.54) is 17.4 Å². The van der Waals surface area contributed by atoms with Crippen LogP contribution in [0.4, 0.5) is 0 Å². The zero-order valence-corrected chi connectivity index (χ0v) is 11.1. The number of sulfonamides is 1. The molecule has 1 unspecified atom stereocenters. The maximum atomic E-state index is 11.2. The zero-order chi connectivity index (χ0) is 12.3. The number of rotatable bonds is 4. The van der Waals surface area contributed by atoms with Gasteiger partial charge >= 0.3 is 0 Å². The zero-order valence-electron chi connectivity index (χ0n) is 10.2. The molecule has 3 nitrogen and oxygen atoms in total. The second-order valence-corrected chi connectivity index (χ2v) is 5.97. The molecule has 0 aliphatic rings. The van der Waals surface area contributed by atoms with Crippen LogP contribution < -0.4 is 4.72 Å². The van der Waals surface area contributed by atoms with Crippen molar-refractivity contribution in [2.45, 2.75) is 33.2 Å². The molecule has 1 atom stereocenters. The maximum Gasteiger partial charge on any atom is 0.209 e. The lowest BCUT2D eigenvalue weighted by Gasteiger charge is -2.17. The Balaban J connectivity index is 3.00. The molecule has 1 rings (SSSR count). The van der Waals surface area contributed by atoms with Gasteiger partial charge in [-0.1, -0.05) is 25.1 Å². The molecule has 1 aromatic rings. The molecule has 4 heteroatoms. The normalized spacial score (nSPS) is 13.8. The summed E-state index contributed by atoms with van der Waals surface area (Å²) in [5.74, 6) is 0. The molecule has 0 saturated heterocycles. The van der Waals surface area contributed by atoms with E-state index in [2.05, 4.69) is 4.72 Å². The van der Waals surface area contributed by atoms with Crippen molar-refractivity contribution in [3.63, 3.8) is 0 Å². The Morgan fingerprint density at radius 1 is 1.25 bits per heavy atom. The van der Waals surface area contributed by atoms with Crippen LogP contribution >= 0.6 is 0 Å². The smallest absolute Gasteiger partial charge is 0.209 e. The predicted molar refractivity (Wildman–Crippen MR) is 66.9 cm³/mol. The summed E-state index contributed by atoms with van der Waals surface area (Å²) >= 11 is 0. The largest absolute Gasteiger partial charge is 0.213 e. The molecule has 0 amide bonds. The molecule has 0 fully saturated rings. The fourth-order valence-corrected chi connectivity index (χ4v) is 2.45. The lowest BCUT2D eigenvalue weighted by molar-refractivity contribution is 0.555. The fraction of sp³-hybridized carbons (Fsp3) is 0.500. The van der Waals surface area contributed by atoms with Crippen molar-refractivity contribution < 1.29 is 8.42 Å². The van der Waals surface area contributed by atoms with Gasteiger partial charge in [-0.25, -0.2) is 13.1 Å². The number of benzene rings is 1. The summed E-state index contributed by atoms with van der Waals surface area (Å²) < 4.78 is 25.1. The highest BCUT2D eigenvalue weighted by atomic mass is 32.2. The summed E-state index contributed by atoms with van der Waals surface area (Å²) in [5.41, 5.74) is 3.43. The summed E-state index contributed by atoms with van der Waals surface area (Å²) in [7, 11) is -3.16. The van der Waals surface area contributed by atoms with E-state index < -0.39 is 10.0 Å². The average Bonchev–Trinajstić information content (AvgIpc) is 2.17. The molecular formula is C12H19NO2S. The SMILES string of the molecule is CCC(NS(C)(=O)=O)c1ccc(C)c(C)c1. The Morgan fingerprint density at radius 2 is 1.88 bits per heavy atom. The molecule has 1 aromatic carbocycles. The van der Waals surface area contributed by atoms with Crippen LogP contribution in [0.15, 0.2) is 18.2 Å². The first-order valence-corrected chi connectivity index (χ1v) is 7.27. The molecule has 0 aromatic heterocycles. The standard InChI is InChI=1S/C12H19NO2S/c1-5-12(13-16(4,14)15)11-7-6-9(2)10(3)8-11/h6-8,12-13H,5H2,1-4H3. The molecule has 16 heavy (non-hydrogen) atoms. The monoisotopic (exact) mass is 241 g/mol. The summed E-state index contributed by atoms with van der Waals surface area (Å²) in [5, 5.41) is 0. The average molecular weight is 241 g/mol. The lowest BCUT2D eigenvalue weighted by Crippen LogP contribution is -2.27. The Labute approximate surface area is 97.9 Å². The van der Waals surface area contributed by atoms with E-state index in [1.54, 1.807) is 0 Å². The van der Waals surface area contributed by atoms with Crippen molar-refractivity contribution >= 4 is 10.0 Å². The maximum absolute atomic E-state index is 11.2. The fourth-order valence-electron chi connectivity index (χ4n) is 1.63. The van der Waals surface area contributed by atoms with Crippen molar-refractivity contribution in [3.8, 4) is 0 Å². The number of hydrogen-bond donors (Lipinski definition) is 1. The Hall–Kier alpha value is -0.870. The van der Waals surface area contributed by atoms with Crippen LogP contribution in [-0.2, 0) is 10.0 Å². The summed E-state index contributed by atoms with van der Waals surface area (Å²) in [6, 6.07) is 5.92. The Bertz CT molecular complexity index is 466. The van der Waals surface area contributed by atoms with E-state index in [-0.39, 0.29) is 6.04 Å². The Morgan fingerprint density at radius 3 is 2.31 bits per heavy atom. The van der Waals surface area contributed by atoms with Gasteiger partial charge in [0.05, 0.1) is 6.26 Å². The van der Waals surface area contributed by atoms with Crippen molar-refractivity contribution in [1.82, 2.24) is 4.72 Å². The molecule has 0 aliphatic carbocycles. The van der Waals surface area contributed by atoms with Crippen molar-refractivity contribution in [3.05, 3.63) is 34.9 Å². The van der Waals surface area contributed by atoms with Gasteiger partial charge in [-0.2, -0.15) is 0 Å². The van der Waals surface area contributed by atoms with Gasteiger partial charge in [0.15, 0.2) is 0 Å². The van der Waals surface area contributed by atoms with Crippen LogP contribution in [0, 0.1) is 13.8 Å². The minimum absolute atomic E-state index is 0.130. The van der Waals surface area contributed by atoms with E-state index in [4.69, 9.17) is 0 Å². The van der Waals surface area contributed by atoms with Gasteiger partial charge in [0.25, 0.3) is 0 Å². The highest BCUT2D eigenvalue weighted by Crippen LogP contribution is 2.20. The van der Waals surface area contributed by atoms with Gasteiger partial charge < -0.3 is 0 Å².